The highest BCUT2D eigenvalue weighted by atomic mass is 35.5. The third kappa shape index (κ3) is 4.17. The number of rotatable bonds is 5. The van der Waals surface area contributed by atoms with Gasteiger partial charge in [-0.3, -0.25) is 19.2 Å². The Morgan fingerprint density at radius 2 is 1.59 bits per heavy atom. The van der Waals surface area contributed by atoms with E-state index in [1.807, 2.05) is 15.7 Å². The first-order chi connectivity index (χ1) is 17.9. The van der Waals surface area contributed by atoms with E-state index in [4.69, 9.17) is 11.6 Å². The number of fused-ring (bicyclic) bond motifs is 1. The van der Waals surface area contributed by atoms with Crippen molar-refractivity contribution in [1.82, 2.24) is 15.0 Å². The lowest BCUT2D eigenvalue weighted by Gasteiger charge is -2.61. The van der Waals surface area contributed by atoms with Crippen LogP contribution in [0.15, 0.2) is 42.5 Å². The molecule has 1 N–H and O–H groups in total. The Balaban J connectivity index is 1.60. The van der Waals surface area contributed by atoms with Gasteiger partial charge >= 0.3 is 5.92 Å². The highest BCUT2D eigenvalue weighted by Gasteiger charge is 2.65. The van der Waals surface area contributed by atoms with Crippen molar-refractivity contribution in [3.05, 3.63) is 69.7 Å². The van der Waals surface area contributed by atoms with Gasteiger partial charge in [0.15, 0.2) is 0 Å². The molecule has 4 amide bonds. The number of hydrogen-bond acceptors (Lipinski definition) is 4. The Labute approximate surface area is 237 Å². The molecule has 2 unspecified atom stereocenters. The number of carbonyl (C=O) groups excluding carboxylic acids is 4. The summed E-state index contributed by atoms with van der Waals surface area (Å²) in [5.41, 5.74) is -0.311. The van der Waals surface area contributed by atoms with Crippen LogP contribution in [0.4, 0.5) is 8.78 Å². The molecule has 7 nitrogen and oxygen atoms in total. The van der Waals surface area contributed by atoms with Gasteiger partial charge in [0.05, 0.1) is 5.44 Å². The summed E-state index contributed by atoms with van der Waals surface area (Å²) in [4.78, 5) is 55.2. The van der Waals surface area contributed by atoms with Crippen molar-refractivity contribution in [3.8, 4) is 0 Å². The average molecular weight is 545 g/mol. The van der Waals surface area contributed by atoms with Gasteiger partial charge in [-0.1, -0.05) is 41.1 Å². The standard InChI is InChI=1S/C22H25B7ClF2N3O4/c23-14(33-16(37)19(31,32)11-2-4-12(30)5-3-11)9-1-6-13-10(7-9)8-34(15(13)36)21(26)18(39)35(29)17(38)20(24,25)22(21,27)28/h1-7,14H,8,23-29H2,(H,33,37). The molecular weight excluding hydrogens is 519 g/mol. The van der Waals surface area contributed by atoms with Crippen LogP contribution in [0, 0.1) is 0 Å². The second-order valence-corrected chi connectivity index (χ2v) is 12.0. The van der Waals surface area contributed by atoms with Gasteiger partial charge in [0.1, 0.15) is 47.1 Å². The number of halogens is 3. The quantitative estimate of drug-likeness (QED) is 0.306. The molecule has 17 heteroatoms. The number of nitrogens with one attached hydrogen (secondary N) is 1. The van der Waals surface area contributed by atoms with Crippen molar-refractivity contribution >= 4 is 90.3 Å². The summed E-state index contributed by atoms with van der Waals surface area (Å²) < 4.78 is 29.6. The SMILES string of the molecule is BC(NC(=O)C(F)(F)c1ccc(Cl)cc1)c1ccc2c(c1)CN(C1(B)C(=O)N(B)C(=O)C(B)(B)C1(B)B)C2=O. The highest BCUT2D eigenvalue weighted by molar-refractivity contribution is 6.68. The Hall–Kier alpha value is -2.88. The van der Waals surface area contributed by atoms with Gasteiger partial charge < -0.3 is 15.0 Å². The van der Waals surface area contributed by atoms with E-state index < -0.39 is 45.1 Å². The minimum atomic E-state index is -3.78. The second kappa shape index (κ2) is 9.35. The number of benzene rings is 2. The van der Waals surface area contributed by atoms with Crippen LogP contribution in [-0.2, 0) is 26.9 Å². The Kier molecular flexibility index (Phi) is 6.98. The van der Waals surface area contributed by atoms with Crippen molar-refractivity contribution in [2.75, 3.05) is 0 Å². The van der Waals surface area contributed by atoms with Crippen LogP contribution >= 0.6 is 11.6 Å². The molecule has 2 aliphatic heterocycles. The molecule has 2 aliphatic rings. The van der Waals surface area contributed by atoms with E-state index in [1.54, 1.807) is 49.6 Å². The zero-order valence-electron chi connectivity index (χ0n) is 23.0. The maximum Gasteiger partial charge on any atom is 0.349 e. The number of imide groups is 1. The van der Waals surface area contributed by atoms with Crippen LogP contribution in [-0.4, -0.2) is 93.8 Å². The van der Waals surface area contributed by atoms with Gasteiger partial charge in [0, 0.05) is 28.6 Å². The van der Waals surface area contributed by atoms with E-state index in [9.17, 15) is 28.0 Å². The number of piperidine rings is 1. The molecule has 2 aromatic carbocycles. The summed E-state index contributed by atoms with van der Waals surface area (Å²) in [7, 11) is 11.9. The Morgan fingerprint density at radius 3 is 2.18 bits per heavy atom. The fraction of sp³-hybridized carbons (Fsp3) is 0.273. The van der Waals surface area contributed by atoms with E-state index in [2.05, 4.69) is 5.32 Å². The molecule has 2 atom stereocenters. The fourth-order valence-corrected chi connectivity index (χ4v) is 5.69. The minimum absolute atomic E-state index is 0.0907. The van der Waals surface area contributed by atoms with Gasteiger partial charge in [-0.2, -0.15) is 8.78 Å². The number of alkyl halides is 2. The summed E-state index contributed by atoms with van der Waals surface area (Å²) >= 11 is 5.77. The van der Waals surface area contributed by atoms with Crippen LogP contribution in [0.25, 0.3) is 0 Å². The van der Waals surface area contributed by atoms with Gasteiger partial charge in [-0.25, -0.2) is 0 Å². The average Bonchev–Trinajstić information content (AvgIpc) is 3.22. The maximum atomic E-state index is 14.8. The lowest BCUT2D eigenvalue weighted by molar-refractivity contribution is -0.149. The van der Waals surface area contributed by atoms with E-state index in [0.29, 0.717) is 16.7 Å². The first-order valence-corrected chi connectivity index (χ1v) is 13.0. The number of carbonyl (C=O) groups is 4. The molecule has 0 bridgehead atoms. The zero-order valence-corrected chi connectivity index (χ0v) is 23.7. The van der Waals surface area contributed by atoms with E-state index >= 15 is 0 Å². The van der Waals surface area contributed by atoms with Crippen LogP contribution in [0.3, 0.4) is 0 Å². The molecule has 0 saturated carbocycles. The third-order valence-corrected chi connectivity index (χ3v) is 9.40. The Bertz CT molecular complexity index is 1410. The first-order valence-electron chi connectivity index (χ1n) is 12.6. The highest BCUT2D eigenvalue weighted by Crippen LogP contribution is 2.56. The van der Waals surface area contributed by atoms with Crippen molar-refractivity contribution in [2.24, 2.45) is 0 Å². The minimum Gasteiger partial charge on any atom is -0.352 e. The molecule has 2 aromatic rings. The lowest BCUT2D eigenvalue weighted by atomic mass is 9.21. The van der Waals surface area contributed by atoms with Gasteiger partial charge in [-0.05, 0) is 34.5 Å². The zero-order chi connectivity index (χ0) is 29.3. The number of amides is 4. The fourth-order valence-electron chi connectivity index (χ4n) is 5.57. The molecule has 0 spiro atoms. The van der Waals surface area contributed by atoms with E-state index in [0.717, 1.165) is 16.9 Å². The second-order valence-electron chi connectivity index (χ2n) is 11.6. The van der Waals surface area contributed by atoms with Gasteiger partial charge in [0.2, 0.25) is 19.8 Å². The maximum absolute atomic E-state index is 14.8. The summed E-state index contributed by atoms with van der Waals surface area (Å²) in [6.45, 7) is 0.0907. The smallest absolute Gasteiger partial charge is 0.349 e. The third-order valence-electron chi connectivity index (χ3n) is 9.15. The normalized spacial score (nSPS) is 22.9. The number of nitrogens with zero attached hydrogens (tertiary/aromatic N) is 2. The van der Waals surface area contributed by atoms with Crippen molar-refractivity contribution < 1.29 is 28.0 Å². The largest absolute Gasteiger partial charge is 0.352 e. The molecule has 2 heterocycles. The first kappa shape index (κ1) is 29.1. The van der Waals surface area contributed by atoms with Crippen molar-refractivity contribution in [3.63, 3.8) is 0 Å². The monoisotopic (exact) mass is 545 g/mol. The predicted octanol–water partition coefficient (Wildman–Crippen LogP) is -4.15. The Morgan fingerprint density at radius 1 is 1.00 bits per heavy atom. The van der Waals surface area contributed by atoms with E-state index in [-0.39, 0.29) is 23.4 Å². The molecule has 39 heavy (non-hydrogen) atoms. The molecule has 1 saturated heterocycles. The summed E-state index contributed by atoms with van der Waals surface area (Å²) in [6.07, 6.45) is 0. The summed E-state index contributed by atoms with van der Waals surface area (Å²) in [5, 5.41) is 0.767. The van der Waals surface area contributed by atoms with Crippen LogP contribution < -0.4 is 5.32 Å². The molecule has 0 aromatic heterocycles. The van der Waals surface area contributed by atoms with Crippen molar-refractivity contribution in [2.45, 2.75) is 34.3 Å². The van der Waals surface area contributed by atoms with Gasteiger partial charge in [-0.15, -0.1) is 0 Å². The van der Waals surface area contributed by atoms with Gasteiger partial charge in [0.25, 0.3) is 11.8 Å². The topological polar surface area (TPSA) is 86.8 Å². The summed E-state index contributed by atoms with van der Waals surface area (Å²) in [6, 6.07) is 9.64. The van der Waals surface area contributed by atoms with Crippen LogP contribution in [0.2, 0.25) is 15.5 Å². The molecule has 194 valence electrons. The predicted molar refractivity (Wildman–Crippen MR) is 162 cm³/mol. The number of hydrogen-bond donors (Lipinski definition) is 1. The molecule has 0 radical (unpaired) electrons. The van der Waals surface area contributed by atoms with Crippen LogP contribution in [0.5, 0.6) is 0 Å². The van der Waals surface area contributed by atoms with E-state index in [1.165, 1.54) is 25.0 Å². The van der Waals surface area contributed by atoms with Crippen LogP contribution in [0.1, 0.15) is 33.0 Å². The molecule has 0 aliphatic carbocycles. The molecule has 1 fully saturated rings. The molecular formula is C22H25B7ClF2N3O4. The summed E-state index contributed by atoms with van der Waals surface area (Å²) in [5.74, 6) is -7.18. The lowest BCUT2D eigenvalue weighted by Crippen LogP contribution is -2.75. The molecule has 4 rings (SSSR count). The van der Waals surface area contributed by atoms with Crippen molar-refractivity contribution in [1.29, 1.82) is 0 Å².